The number of carbonyl (C=O) groups excluding carboxylic acids is 2. The summed E-state index contributed by atoms with van der Waals surface area (Å²) in [5.41, 5.74) is 6.51. The highest BCUT2D eigenvalue weighted by atomic mass is 18.2. The Morgan fingerprint density at radius 3 is 2.62 bits per heavy atom. The van der Waals surface area contributed by atoms with Crippen molar-refractivity contribution in [1.29, 1.82) is 0 Å². The van der Waals surface area contributed by atoms with Gasteiger partial charge in [0, 0.05) is 30.3 Å². The molecule has 1 heterocycles. The van der Waals surface area contributed by atoms with Crippen LogP contribution in [0.5, 0.6) is 0 Å². The maximum absolute atomic E-state index is 13.1. The minimum atomic E-state index is -0.358. The minimum Gasteiger partial charge on any atom is -0.294 e. The first-order valence-electron chi connectivity index (χ1n) is 9.12. The van der Waals surface area contributed by atoms with Crippen LogP contribution in [0.3, 0.4) is 0 Å². The van der Waals surface area contributed by atoms with E-state index >= 15 is 0 Å². The van der Waals surface area contributed by atoms with Gasteiger partial charge in [0.1, 0.15) is 6.67 Å². The fourth-order valence-corrected chi connectivity index (χ4v) is 4.64. The zero-order valence-electron chi connectivity index (χ0n) is 15.1. The van der Waals surface area contributed by atoms with Crippen LogP contribution in [0.1, 0.15) is 57.3 Å². The van der Waals surface area contributed by atoms with Crippen molar-refractivity contribution < 1.29 is 14.0 Å². The Balaban J connectivity index is 2.00. The summed E-state index contributed by atoms with van der Waals surface area (Å²) in [6, 6.07) is 10.1. The molecule has 0 saturated heterocycles. The second kappa shape index (κ2) is 6.44. The number of carbonyl (C=O) groups is 2. The number of Topliss-reactive ketones (excluding diaryl/α,β-unsaturated/α-hetero) is 2. The van der Waals surface area contributed by atoms with E-state index in [4.69, 9.17) is 0 Å². The number of ketones is 2. The van der Waals surface area contributed by atoms with E-state index in [0.717, 1.165) is 36.1 Å². The Morgan fingerprint density at radius 2 is 1.92 bits per heavy atom. The van der Waals surface area contributed by atoms with Crippen LogP contribution in [-0.2, 0) is 12.8 Å². The molecule has 0 N–H and O–H groups in total. The third kappa shape index (κ3) is 2.52. The summed E-state index contributed by atoms with van der Waals surface area (Å²) in [5, 5.41) is 0. The van der Waals surface area contributed by atoms with Gasteiger partial charge in [-0.1, -0.05) is 30.3 Å². The first-order chi connectivity index (χ1) is 12.5. The molecule has 0 radical (unpaired) electrons. The van der Waals surface area contributed by atoms with Crippen molar-refractivity contribution in [2.45, 2.75) is 32.7 Å². The van der Waals surface area contributed by atoms with Crippen molar-refractivity contribution >= 4 is 11.6 Å². The Hall–Kier alpha value is -2.33. The van der Waals surface area contributed by atoms with Gasteiger partial charge in [-0.05, 0) is 54.5 Å². The van der Waals surface area contributed by atoms with Crippen molar-refractivity contribution in [3.8, 4) is 11.1 Å². The molecule has 0 fully saturated rings. The van der Waals surface area contributed by atoms with Crippen LogP contribution >= 0.6 is 0 Å². The molecule has 134 valence electrons. The topological polar surface area (TPSA) is 37.4 Å². The van der Waals surface area contributed by atoms with Crippen molar-refractivity contribution in [2.24, 2.45) is 0 Å². The molecule has 1 aliphatic carbocycles. The molecule has 3 nitrogen and oxygen atoms in total. The normalized spacial score (nSPS) is 18.2. The van der Waals surface area contributed by atoms with Crippen LogP contribution in [-0.4, -0.2) is 36.2 Å². The molecule has 1 unspecified atom stereocenters. The van der Waals surface area contributed by atoms with Gasteiger partial charge in [-0.2, -0.15) is 0 Å². The average molecular weight is 350 g/mol. The van der Waals surface area contributed by atoms with Crippen LogP contribution in [0.15, 0.2) is 30.3 Å². The summed E-state index contributed by atoms with van der Waals surface area (Å²) in [6.45, 7) is 3.95. The fraction of sp³-hybridized carbons (Fsp3) is 0.364. The number of rotatable bonds is 4. The fourth-order valence-electron chi connectivity index (χ4n) is 4.64. The second-order valence-electron chi connectivity index (χ2n) is 7.21. The molecule has 0 bridgehead atoms. The molecule has 0 spiro atoms. The monoisotopic (exact) mass is 350 g/mol. The van der Waals surface area contributed by atoms with Crippen LogP contribution in [0.2, 0.25) is 0 Å². The van der Waals surface area contributed by atoms with Gasteiger partial charge in [-0.3, -0.25) is 14.5 Å². The number of alkyl halides is 1. The highest BCUT2D eigenvalue weighted by molar-refractivity contribution is 6.12. The first-order valence-corrected chi connectivity index (χ1v) is 9.12. The molecule has 2 aliphatic rings. The predicted molar refractivity (Wildman–Crippen MR) is 99.6 cm³/mol. The Labute approximate surface area is 152 Å². The van der Waals surface area contributed by atoms with E-state index in [9.17, 15) is 14.0 Å². The van der Waals surface area contributed by atoms with Crippen molar-refractivity contribution in [2.75, 3.05) is 19.8 Å². The number of fused-ring (bicyclic) bond motifs is 2. The van der Waals surface area contributed by atoms with E-state index in [-0.39, 0.29) is 24.3 Å². The first kappa shape index (κ1) is 17.1. The molecule has 26 heavy (non-hydrogen) atoms. The Bertz CT molecular complexity index is 919. The molecule has 0 saturated carbocycles. The molecule has 1 atom stereocenters. The molecule has 0 amide bonds. The lowest BCUT2D eigenvalue weighted by Crippen LogP contribution is -2.39. The van der Waals surface area contributed by atoms with Gasteiger partial charge in [0.2, 0.25) is 0 Å². The molecule has 1 aliphatic heterocycles. The number of halogens is 1. The van der Waals surface area contributed by atoms with Crippen molar-refractivity contribution in [1.82, 2.24) is 4.90 Å². The molecular weight excluding hydrogens is 328 g/mol. The van der Waals surface area contributed by atoms with Gasteiger partial charge in [0.05, 0.1) is 0 Å². The lowest BCUT2D eigenvalue weighted by Gasteiger charge is -2.41. The molecule has 2 aromatic rings. The predicted octanol–water partition coefficient (Wildman–Crippen LogP) is 4.18. The summed E-state index contributed by atoms with van der Waals surface area (Å²) < 4.78 is 13.1. The van der Waals surface area contributed by atoms with Gasteiger partial charge in [-0.25, -0.2) is 4.39 Å². The second-order valence-corrected chi connectivity index (χ2v) is 7.21. The molecule has 4 heteroatoms. The van der Waals surface area contributed by atoms with Gasteiger partial charge in [0.25, 0.3) is 0 Å². The number of hydrogen-bond donors (Lipinski definition) is 0. The van der Waals surface area contributed by atoms with Gasteiger partial charge in [-0.15, -0.1) is 0 Å². The standard InChI is InChI=1S/C22H22FNO2/c1-13(25)17-7-6-16-12-19-21-15(8-10-24(19)11-9-23)4-3-5-18(21)22(16)20(17)14(2)26/h3-7,19H,8-12H2,1-2H3/i23-1. The third-order valence-corrected chi connectivity index (χ3v) is 5.72. The Morgan fingerprint density at radius 1 is 1.12 bits per heavy atom. The van der Waals surface area contributed by atoms with Crippen LogP contribution in [0.4, 0.5) is 4.39 Å². The average Bonchev–Trinajstić information content (AvgIpc) is 2.62. The highest BCUT2D eigenvalue weighted by Gasteiger charge is 2.36. The van der Waals surface area contributed by atoms with Gasteiger partial charge >= 0.3 is 0 Å². The largest absolute Gasteiger partial charge is 0.294 e. The minimum absolute atomic E-state index is 0.0838. The zero-order chi connectivity index (χ0) is 18.4. The van der Waals surface area contributed by atoms with E-state index in [1.54, 1.807) is 6.07 Å². The molecule has 0 aromatic heterocycles. The number of nitrogens with zero attached hydrogens (tertiary/aromatic N) is 1. The van der Waals surface area contributed by atoms with Gasteiger partial charge < -0.3 is 0 Å². The third-order valence-electron chi connectivity index (χ3n) is 5.72. The lowest BCUT2D eigenvalue weighted by atomic mass is 9.74. The van der Waals surface area contributed by atoms with E-state index < -0.39 is 0 Å². The Kier molecular flexibility index (Phi) is 4.23. The summed E-state index contributed by atoms with van der Waals surface area (Å²) in [4.78, 5) is 26.8. The molecule has 4 rings (SSSR count). The maximum Gasteiger partial charge on any atom is 0.161 e. The van der Waals surface area contributed by atoms with E-state index in [2.05, 4.69) is 11.0 Å². The van der Waals surface area contributed by atoms with E-state index in [1.807, 2.05) is 18.2 Å². The molecular formula is C22H22FNO2. The number of benzene rings is 2. The number of hydrogen-bond acceptors (Lipinski definition) is 3. The van der Waals surface area contributed by atoms with E-state index in [1.165, 1.54) is 25.0 Å². The molecule has 2 aromatic carbocycles. The van der Waals surface area contributed by atoms with Crippen molar-refractivity contribution in [3.63, 3.8) is 0 Å². The van der Waals surface area contributed by atoms with Crippen LogP contribution in [0.25, 0.3) is 11.1 Å². The summed E-state index contributed by atoms with van der Waals surface area (Å²) in [5.74, 6) is -0.177. The zero-order valence-corrected chi connectivity index (χ0v) is 15.1. The van der Waals surface area contributed by atoms with Crippen LogP contribution < -0.4 is 0 Å². The smallest absolute Gasteiger partial charge is 0.161 e. The SMILES string of the molecule is CC(=O)c1ccc2c(c1C(C)=O)-c1cccc3c1C(C2)N(CC[18F])CC3. The summed E-state index contributed by atoms with van der Waals surface area (Å²) >= 11 is 0. The summed E-state index contributed by atoms with van der Waals surface area (Å²) in [6.07, 6.45) is 1.63. The lowest BCUT2D eigenvalue weighted by molar-refractivity contribution is 0.0981. The van der Waals surface area contributed by atoms with Gasteiger partial charge in [0.15, 0.2) is 11.6 Å². The highest BCUT2D eigenvalue weighted by Crippen LogP contribution is 2.47. The van der Waals surface area contributed by atoms with Crippen LogP contribution in [0, 0.1) is 0 Å². The van der Waals surface area contributed by atoms with Crippen molar-refractivity contribution in [3.05, 3.63) is 58.1 Å². The quantitative estimate of drug-likeness (QED) is 0.776. The maximum atomic E-state index is 13.1. The summed E-state index contributed by atoms with van der Waals surface area (Å²) in [7, 11) is 0. The van der Waals surface area contributed by atoms with E-state index in [0.29, 0.717) is 17.7 Å².